The Kier molecular flexibility index (Phi) is 18.4. The molecule has 1 atom stereocenters. The highest BCUT2D eigenvalue weighted by Crippen LogP contribution is 2.13. The molecule has 0 radical (unpaired) electrons. The molecule has 1 unspecified atom stereocenters. The summed E-state index contributed by atoms with van der Waals surface area (Å²) in [5, 5.41) is 11.1. The van der Waals surface area contributed by atoms with Gasteiger partial charge in [0.2, 0.25) is 5.78 Å². The van der Waals surface area contributed by atoms with Crippen LogP contribution in [0.1, 0.15) is 58.1 Å². The predicted molar refractivity (Wildman–Crippen MR) is 144 cm³/mol. The topological polar surface area (TPSA) is 97.1 Å². The number of hydrogen-bond donors (Lipinski definition) is 3. The van der Waals surface area contributed by atoms with Gasteiger partial charge in [-0.25, -0.2) is 9.59 Å². The van der Waals surface area contributed by atoms with Crippen LogP contribution in [-0.4, -0.2) is 55.5 Å². The third-order valence-electron chi connectivity index (χ3n) is 5.79. The normalized spacial score (nSPS) is 18.3. The van der Waals surface area contributed by atoms with Gasteiger partial charge in [-0.3, -0.25) is 4.79 Å². The van der Waals surface area contributed by atoms with Gasteiger partial charge in [0.15, 0.2) is 6.04 Å². The number of carboxylic acids is 1. The van der Waals surface area contributed by atoms with Gasteiger partial charge in [-0.05, 0) is 43.5 Å². The molecule has 0 aromatic heterocycles. The number of benzene rings is 1. The molecule has 1 aliphatic heterocycles. The number of ketones is 1. The zero-order valence-electron chi connectivity index (χ0n) is 21.7. The number of carboxylic acid groups (broad SMARTS) is 1. The van der Waals surface area contributed by atoms with Crippen LogP contribution < -0.4 is 10.2 Å². The van der Waals surface area contributed by atoms with E-state index in [1.807, 2.05) is 24.9 Å². The number of carbonyl (C=O) groups is 3. The largest absolute Gasteiger partial charge is 0.479 e. The van der Waals surface area contributed by atoms with E-state index < -0.39 is 18.1 Å². The zero-order valence-corrected chi connectivity index (χ0v) is 23.3. The number of ether oxygens (including phenoxy) is 1. The number of halogens is 1. The first kappa shape index (κ1) is 32.5. The summed E-state index contributed by atoms with van der Waals surface area (Å²) >= 11 is 2.94. The molecular weight excluding hydrogens is 512 g/mol. The molecule has 0 aliphatic carbocycles. The average molecular weight is 555 g/mol. The lowest BCUT2D eigenvalue weighted by Gasteiger charge is -2.28. The number of alkyl carbamates (subject to hydrolysis) is 1. The minimum absolute atomic E-state index is 0.298. The molecule has 8 heteroatoms. The van der Waals surface area contributed by atoms with Crippen LogP contribution >= 0.6 is 15.9 Å². The van der Waals surface area contributed by atoms with Gasteiger partial charge in [0, 0.05) is 5.57 Å². The number of amides is 1. The van der Waals surface area contributed by atoms with Crippen molar-refractivity contribution in [1.82, 2.24) is 5.32 Å². The number of hydrogen-bond acceptors (Lipinski definition) is 4. The van der Waals surface area contributed by atoms with Gasteiger partial charge in [0.05, 0.1) is 20.2 Å². The first-order valence-corrected chi connectivity index (χ1v) is 13.6. The fraction of sp³-hybridized carbons (Fsp3) is 0.519. The lowest BCUT2D eigenvalue weighted by atomic mass is 9.94. The van der Waals surface area contributed by atoms with Crippen LogP contribution in [0.25, 0.3) is 0 Å². The van der Waals surface area contributed by atoms with E-state index in [-0.39, 0.29) is 0 Å². The number of nitrogens with one attached hydrogen (secondary N) is 2. The van der Waals surface area contributed by atoms with Crippen molar-refractivity contribution >= 4 is 33.8 Å². The van der Waals surface area contributed by atoms with E-state index in [0.29, 0.717) is 17.9 Å². The molecule has 1 amide bonds. The summed E-state index contributed by atoms with van der Waals surface area (Å²) < 4.78 is 4.34. The highest BCUT2D eigenvalue weighted by Gasteiger charge is 2.23. The van der Waals surface area contributed by atoms with Gasteiger partial charge in [-0.2, -0.15) is 0 Å². The van der Waals surface area contributed by atoms with Gasteiger partial charge < -0.3 is 20.1 Å². The maximum absolute atomic E-state index is 12.2. The molecule has 1 fully saturated rings. The molecule has 1 saturated heterocycles. The number of rotatable bonds is 9. The fourth-order valence-electron chi connectivity index (χ4n) is 3.70. The predicted octanol–water partition coefficient (Wildman–Crippen LogP) is 4.35. The smallest absolute Gasteiger partial charge is 0.407 e. The highest BCUT2D eigenvalue weighted by atomic mass is 79.9. The maximum Gasteiger partial charge on any atom is 0.407 e. The van der Waals surface area contributed by atoms with Gasteiger partial charge >= 0.3 is 12.1 Å². The molecular formula is C27H42BrN2O5+. The third kappa shape index (κ3) is 13.3. The summed E-state index contributed by atoms with van der Waals surface area (Å²) in [5.74, 6) is 1.87. The van der Waals surface area contributed by atoms with E-state index in [2.05, 4.69) is 45.9 Å². The van der Waals surface area contributed by atoms with Crippen LogP contribution in [0.5, 0.6) is 0 Å². The molecule has 1 aromatic rings. The maximum atomic E-state index is 12.2. The van der Waals surface area contributed by atoms with Crippen LogP contribution in [0.15, 0.2) is 54.1 Å². The summed E-state index contributed by atoms with van der Waals surface area (Å²) in [7, 11) is 1.18. The SMILES string of the molecule is C/C=C(\C=C/CC)C(=O)C[NH+]1CCC(CC)CC1.CBr.COC(=O)NC(C(=O)O)c1ccccc1. The first-order chi connectivity index (χ1) is 16.9. The summed E-state index contributed by atoms with van der Waals surface area (Å²) in [5.41, 5.74) is 1.37. The monoisotopic (exact) mass is 553 g/mol. The molecule has 3 N–H and O–H groups in total. The van der Waals surface area contributed by atoms with Crippen LogP contribution in [0, 0.1) is 5.92 Å². The summed E-state index contributed by atoms with van der Waals surface area (Å²) in [6.45, 7) is 9.32. The Morgan fingerprint density at radius 1 is 1.17 bits per heavy atom. The van der Waals surface area contributed by atoms with Gasteiger partial charge in [-0.1, -0.05) is 84.8 Å². The van der Waals surface area contributed by atoms with Gasteiger partial charge in [-0.15, -0.1) is 0 Å². The number of Topliss-reactive ketones (excluding diaryl/α,β-unsaturated/α-hetero) is 1. The number of quaternary nitrogens is 1. The average Bonchev–Trinajstić information content (AvgIpc) is 2.89. The second-order valence-electron chi connectivity index (χ2n) is 8.07. The molecule has 0 bridgehead atoms. The summed E-state index contributed by atoms with van der Waals surface area (Å²) in [6.07, 6.45) is 10.1. The van der Waals surface area contributed by atoms with Gasteiger partial charge in [0.1, 0.15) is 6.54 Å². The Balaban J connectivity index is 0.000000625. The second kappa shape index (κ2) is 19.8. The number of carbonyl (C=O) groups excluding carboxylic acids is 2. The van der Waals surface area contributed by atoms with E-state index >= 15 is 0 Å². The van der Waals surface area contributed by atoms with Crippen molar-refractivity contribution in [3.05, 3.63) is 59.7 Å². The number of allylic oxidation sites excluding steroid dienone is 3. The lowest BCUT2D eigenvalue weighted by Crippen LogP contribution is -3.14. The summed E-state index contributed by atoms with van der Waals surface area (Å²) in [4.78, 5) is 35.4. The van der Waals surface area contributed by atoms with Crippen molar-refractivity contribution in [2.75, 3.05) is 32.6 Å². The standard InChI is InChI=1S/C16H27NO.C10H11NO4.CH3Br/c1-4-7-8-15(6-3)16(18)13-17-11-9-14(5-2)10-12-17;1-15-10(14)11-8(9(12)13)7-5-3-2-4-6-7;1-2/h6-8,14H,4-5,9-13H2,1-3H3;2-6,8H,1H3,(H,11,14)(H,12,13);1H3/p+1/b8-7-,15-6+;;. The molecule has 0 saturated carbocycles. The van der Waals surface area contributed by atoms with E-state index in [1.165, 1.54) is 44.4 Å². The van der Waals surface area contributed by atoms with Crippen LogP contribution in [0.3, 0.4) is 0 Å². The molecule has 7 nitrogen and oxygen atoms in total. The Hall–Kier alpha value is -2.45. The Labute approximate surface area is 218 Å². The van der Waals surface area contributed by atoms with E-state index in [4.69, 9.17) is 5.11 Å². The Bertz CT molecular complexity index is 803. The van der Waals surface area contributed by atoms with E-state index in [9.17, 15) is 14.4 Å². The van der Waals surface area contributed by atoms with Crippen molar-refractivity contribution in [2.45, 2.75) is 52.5 Å². The Morgan fingerprint density at radius 3 is 2.23 bits per heavy atom. The quantitative estimate of drug-likeness (QED) is 0.240. The summed E-state index contributed by atoms with van der Waals surface area (Å²) in [6, 6.07) is 7.32. The zero-order chi connectivity index (χ0) is 26.6. The molecule has 2 rings (SSSR count). The van der Waals surface area contributed by atoms with Crippen molar-refractivity contribution < 1.29 is 29.1 Å². The lowest BCUT2D eigenvalue weighted by molar-refractivity contribution is -0.898. The van der Waals surface area contributed by atoms with Crippen molar-refractivity contribution in [2.24, 2.45) is 5.92 Å². The second-order valence-corrected chi connectivity index (χ2v) is 8.07. The first-order valence-electron chi connectivity index (χ1n) is 12.1. The Morgan fingerprint density at radius 2 is 1.77 bits per heavy atom. The van der Waals surface area contributed by atoms with Crippen molar-refractivity contribution in [3.63, 3.8) is 0 Å². The van der Waals surface area contributed by atoms with Crippen molar-refractivity contribution in [1.29, 1.82) is 0 Å². The van der Waals surface area contributed by atoms with Gasteiger partial charge in [0.25, 0.3) is 0 Å². The number of likely N-dealkylation sites (tertiary alicyclic amines) is 1. The minimum Gasteiger partial charge on any atom is -0.479 e. The van der Waals surface area contributed by atoms with Crippen molar-refractivity contribution in [3.8, 4) is 0 Å². The number of alkyl halides is 1. The molecule has 196 valence electrons. The highest BCUT2D eigenvalue weighted by molar-refractivity contribution is 9.08. The molecule has 1 aliphatic rings. The number of piperidine rings is 1. The third-order valence-corrected chi connectivity index (χ3v) is 5.79. The molecule has 1 aromatic carbocycles. The van der Waals surface area contributed by atoms with Crippen LogP contribution in [0.2, 0.25) is 0 Å². The van der Waals surface area contributed by atoms with E-state index in [0.717, 1.165) is 17.9 Å². The van der Waals surface area contributed by atoms with Crippen LogP contribution in [0.4, 0.5) is 4.79 Å². The minimum atomic E-state index is -1.13. The molecule has 0 spiro atoms. The number of aliphatic carboxylic acids is 1. The van der Waals surface area contributed by atoms with Crippen LogP contribution in [-0.2, 0) is 14.3 Å². The molecule has 1 heterocycles. The fourth-order valence-corrected chi connectivity index (χ4v) is 3.70. The number of methoxy groups -OCH3 is 1. The van der Waals surface area contributed by atoms with E-state index in [1.54, 1.807) is 30.3 Å². The molecule has 35 heavy (non-hydrogen) atoms.